The summed E-state index contributed by atoms with van der Waals surface area (Å²) in [5.41, 5.74) is 0.984. The summed E-state index contributed by atoms with van der Waals surface area (Å²) >= 11 is 0. The van der Waals surface area contributed by atoms with E-state index in [1.54, 1.807) is 0 Å². The third-order valence-corrected chi connectivity index (χ3v) is 3.99. The molecule has 6 nitrogen and oxygen atoms in total. The van der Waals surface area contributed by atoms with Crippen molar-refractivity contribution >= 4 is 6.09 Å². The molecule has 1 aliphatic carbocycles. The van der Waals surface area contributed by atoms with Crippen LogP contribution < -0.4 is 5.32 Å². The van der Waals surface area contributed by atoms with Crippen LogP contribution in [0.4, 0.5) is 4.79 Å². The van der Waals surface area contributed by atoms with Crippen molar-refractivity contribution in [1.82, 2.24) is 15.5 Å². The molecule has 0 atom stereocenters. The molecule has 0 radical (unpaired) electrons. The molecule has 6 heteroatoms. The van der Waals surface area contributed by atoms with Gasteiger partial charge < -0.3 is 14.5 Å². The lowest BCUT2D eigenvalue weighted by atomic mass is 9.86. The van der Waals surface area contributed by atoms with E-state index in [1.807, 2.05) is 30.3 Å². The number of rotatable bonds is 4. The Hall–Kier alpha value is -2.37. The van der Waals surface area contributed by atoms with Crippen LogP contribution in [0.2, 0.25) is 0 Å². The summed E-state index contributed by atoms with van der Waals surface area (Å²) in [7, 11) is 0. The van der Waals surface area contributed by atoms with Crippen molar-refractivity contribution in [2.45, 2.75) is 44.2 Å². The number of alkyl carbamates (subject to hydrolysis) is 1. The second-order valence-electron chi connectivity index (χ2n) is 5.53. The first kappa shape index (κ1) is 14.6. The predicted octanol–water partition coefficient (Wildman–Crippen LogP) is 3.02. The Balaban J connectivity index is 1.40. The summed E-state index contributed by atoms with van der Waals surface area (Å²) < 4.78 is 10.5. The number of nitrogens with one attached hydrogen (secondary N) is 1. The lowest BCUT2D eigenvalue weighted by Gasteiger charge is -2.26. The van der Waals surface area contributed by atoms with Crippen LogP contribution in [0.3, 0.4) is 0 Å². The van der Waals surface area contributed by atoms with E-state index in [9.17, 15) is 4.79 Å². The van der Waals surface area contributed by atoms with Gasteiger partial charge in [0, 0.05) is 12.0 Å². The van der Waals surface area contributed by atoms with Gasteiger partial charge in [-0.05, 0) is 31.2 Å². The fourth-order valence-corrected chi connectivity index (χ4v) is 2.78. The van der Waals surface area contributed by atoms with Crippen LogP contribution in [-0.2, 0) is 11.3 Å². The number of carbonyl (C=O) groups excluding carboxylic acids is 1. The van der Waals surface area contributed by atoms with E-state index in [1.165, 1.54) is 6.39 Å². The summed E-state index contributed by atoms with van der Waals surface area (Å²) in [4.78, 5) is 11.8. The SMILES string of the molecule is O=C(N[C@H]1CC[C@H](c2nnco2)CC1)OCc1ccccc1. The summed E-state index contributed by atoms with van der Waals surface area (Å²) in [6.07, 6.45) is 4.67. The minimum absolute atomic E-state index is 0.155. The van der Waals surface area contributed by atoms with Crippen LogP contribution in [0.15, 0.2) is 41.1 Å². The van der Waals surface area contributed by atoms with Crippen molar-refractivity contribution < 1.29 is 13.9 Å². The van der Waals surface area contributed by atoms with Crippen molar-refractivity contribution in [3.63, 3.8) is 0 Å². The van der Waals surface area contributed by atoms with Crippen LogP contribution in [0, 0.1) is 0 Å². The highest BCUT2D eigenvalue weighted by Gasteiger charge is 2.26. The van der Waals surface area contributed by atoms with Gasteiger partial charge in [-0.2, -0.15) is 0 Å². The second kappa shape index (κ2) is 7.06. The van der Waals surface area contributed by atoms with Crippen molar-refractivity contribution in [1.29, 1.82) is 0 Å². The molecule has 1 saturated carbocycles. The molecular formula is C16H19N3O3. The summed E-state index contributed by atoms with van der Waals surface area (Å²) in [6.45, 7) is 0.296. The molecule has 0 unspecified atom stereocenters. The number of aromatic nitrogens is 2. The van der Waals surface area contributed by atoms with Gasteiger partial charge in [0.15, 0.2) is 0 Å². The number of hydrogen-bond donors (Lipinski definition) is 1. The topological polar surface area (TPSA) is 77.3 Å². The molecule has 1 amide bonds. The van der Waals surface area contributed by atoms with Crippen LogP contribution in [0.25, 0.3) is 0 Å². The standard InChI is InChI=1S/C16H19N3O3/c20-16(21-10-12-4-2-1-3-5-12)18-14-8-6-13(7-9-14)15-19-17-11-22-15/h1-5,11,13-14H,6-10H2,(H,18,20)/t13-,14-. The highest BCUT2D eigenvalue weighted by atomic mass is 16.5. The minimum Gasteiger partial charge on any atom is -0.445 e. The molecule has 3 rings (SSSR count). The molecule has 1 aliphatic rings. The highest BCUT2D eigenvalue weighted by molar-refractivity contribution is 5.67. The molecule has 0 aliphatic heterocycles. The summed E-state index contributed by atoms with van der Waals surface area (Å²) in [5, 5.41) is 10.6. The van der Waals surface area contributed by atoms with E-state index >= 15 is 0 Å². The van der Waals surface area contributed by atoms with Gasteiger partial charge in [-0.1, -0.05) is 30.3 Å². The van der Waals surface area contributed by atoms with E-state index in [2.05, 4.69) is 15.5 Å². The van der Waals surface area contributed by atoms with E-state index < -0.39 is 0 Å². The normalized spacial score (nSPS) is 21.3. The van der Waals surface area contributed by atoms with Crippen LogP contribution in [0.5, 0.6) is 0 Å². The molecule has 1 fully saturated rings. The Bertz CT molecular complexity index is 578. The largest absolute Gasteiger partial charge is 0.445 e. The Kier molecular flexibility index (Phi) is 4.68. The maximum atomic E-state index is 11.8. The van der Waals surface area contributed by atoms with Gasteiger partial charge in [-0.3, -0.25) is 0 Å². The number of nitrogens with zero attached hydrogens (tertiary/aromatic N) is 2. The Morgan fingerprint density at radius 1 is 1.23 bits per heavy atom. The Labute approximate surface area is 128 Å². The monoisotopic (exact) mass is 301 g/mol. The lowest BCUT2D eigenvalue weighted by Crippen LogP contribution is -2.37. The van der Waals surface area contributed by atoms with Gasteiger partial charge in [0.2, 0.25) is 12.3 Å². The van der Waals surface area contributed by atoms with E-state index in [0.29, 0.717) is 18.4 Å². The fourth-order valence-electron chi connectivity index (χ4n) is 2.78. The van der Waals surface area contributed by atoms with Gasteiger partial charge >= 0.3 is 6.09 Å². The lowest BCUT2D eigenvalue weighted by molar-refractivity contribution is 0.132. The maximum Gasteiger partial charge on any atom is 0.407 e. The van der Waals surface area contributed by atoms with Crippen LogP contribution in [0.1, 0.15) is 43.1 Å². The van der Waals surface area contributed by atoms with E-state index in [0.717, 1.165) is 31.2 Å². The van der Waals surface area contributed by atoms with E-state index in [4.69, 9.17) is 9.15 Å². The van der Waals surface area contributed by atoms with Gasteiger partial charge in [0.25, 0.3) is 0 Å². The zero-order valence-corrected chi connectivity index (χ0v) is 12.3. The Morgan fingerprint density at radius 2 is 2.00 bits per heavy atom. The van der Waals surface area contributed by atoms with E-state index in [-0.39, 0.29) is 12.1 Å². The van der Waals surface area contributed by atoms with Crippen molar-refractivity contribution in [3.05, 3.63) is 48.2 Å². The number of ether oxygens (including phenoxy) is 1. The zero-order valence-electron chi connectivity index (χ0n) is 12.3. The number of benzene rings is 1. The first-order chi connectivity index (χ1) is 10.8. The predicted molar refractivity (Wildman–Crippen MR) is 79.1 cm³/mol. The first-order valence-electron chi connectivity index (χ1n) is 7.54. The van der Waals surface area contributed by atoms with Crippen LogP contribution >= 0.6 is 0 Å². The first-order valence-corrected chi connectivity index (χ1v) is 7.54. The highest BCUT2D eigenvalue weighted by Crippen LogP contribution is 2.31. The maximum absolute atomic E-state index is 11.8. The van der Waals surface area contributed by atoms with Crippen LogP contribution in [-0.4, -0.2) is 22.3 Å². The third kappa shape index (κ3) is 3.84. The molecule has 22 heavy (non-hydrogen) atoms. The molecule has 1 heterocycles. The fraction of sp³-hybridized carbons (Fsp3) is 0.438. The minimum atomic E-state index is -0.356. The molecule has 1 N–H and O–H groups in total. The molecular weight excluding hydrogens is 282 g/mol. The van der Waals surface area contributed by atoms with Crippen molar-refractivity contribution in [2.75, 3.05) is 0 Å². The number of carbonyl (C=O) groups is 1. The Morgan fingerprint density at radius 3 is 2.68 bits per heavy atom. The third-order valence-electron chi connectivity index (χ3n) is 3.99. The molecule has 1 aromatic carbocycles. The van der Waals surface area contributed by atoms with Crippen molar-refractivity contribution in [3.8, 4) is 0 Å². The smallest absolute Gasteiger partial charge is 0.407 e. The molecule has 1 aromatic heterocycles. The zero-order chi connectivity index (χ0) is 15.2. The second-order valence-corrected chi connectivity index (χ2v) is 5.53. The summed E-state index contributed by atoms with van der Waals surface area (Å²) in [5.74, 6) is 1.01. The average molecular weight is 301 g/mol. The number of hydrogen-bond acceptors (Lipinski definition) is 5. The van der Waals surface area contributed by atoms with Gasteiger partial charge in [-0.15, -0.1) is 10.2 Å². The number of amides is 1. The molecule has 0 bridgehead atoms. The van der Waals surface area contributed by atoms with Gasteiger partial charge in [0.1, 0.15) is 6.61 Å². The average Bonchev–Trinajstić information content (AvgIpc) is 3.09. The van der Waals surface area contributed by atoms with Gasteiger partial charge in [-0.25, -0.2) is 4.79 Å². The molecule has 0 spiro atoms. The molecule has 116 valence electrons. The van der Waals surface area contributed by atoms with Crippen molar-refractivity contribution in [2.24, 2.45) is 0 Å². The summed E-state index contributed by atoms with van der Waals surface area (Å²) in [6, 6.07) is 9.81. The molecule has 2 aromatic rings. The van der Waals surface area contributed by atoms with Gasteiger partial charge in [0.05, 0.1) is 0 Å². The quantitative estimate of drug-likeness (QED) is 0.939. The molecule has 0 saturated heterocycles.